The van der Waals surface area contributed by atoms with Gasteiger partial charge < -0.3 is 15.1 Å². The van der Waals surface area contributed by atoms with Gasteiger partial charge in [0.1, 0.15) is 0 Å². The van der Waals surface area contributed by atoms with Crippen LogP contribution in [0.4, 0.5) is 5.69 Å². The summed E-state index contributed by atoms with van der Waals surface area (Å²) in [6, 6.07) is 7.96. The van der Waals surface area contributed by atoms with E-state index in [1.165, 1.54) is 0 Å². The van der Waals surface area contributed by atoms with Gasteiger partial charge in [0.15, 0.2) is 0 Å². The van der Waals surface area contributed by atoms with E-state index in [0.717, 1.165) is 29.8 Å². The number of carbonyl (C=O) groups excluding carboxylic acids is 2. The van der Waals surface area contributed by atoms with Crippen LogP contribution in [0.1, 0.15) is 13.3 Å². The Kier molecular flexibility index (Phi) is 6.06. The number of hydrogen-bond donors (Lipinski definition) is 1. The summed E-state index contributed by atoms with van der Waals surface area (Å²) < 4.78 is 0.934. The first-order valence-electron chi connectivity index (χ1n) is 7.62. The molecule has 2 aliphatic rings. The number of carbonyl (C=O) groups is 2. The molecule has 0 bridgehead atoms. The van der Waals surface area contributed by atoms with Gasteiger partial charge in [-0.15, -0.1) is 12.4 Å². The lowest BCUT2D eigenvalue weighted by molar-refractivity contribution is -0.136. The average Bonchev–Trinajstić information content (AvgIpc) is 2.88. The Balaban J connectivity index is 0.00000192. The molecule has 2 atom stereocenters. The fourth-order valence-electron chi connectivity index (χ4n) is 3.16. The lowest BCUT2D eigenvalue weighted by Gasteiger charge is -2.33. The van der Waals surface area contributed by atoms with Crippen molar-refractivity contribution in [2.45, 2.75) is 19.4 Å². The summed E-state index contributed by atoms with van der Waals surface area (Å²) in [6.07, 6.45) is 0.309. The number of nitrogens with zero attached hydrogens (tertiary/aromatic N) is 2. The molecule has 2 heterocycles. The van der Waals surface area contributed by atoms with E-state index in [4.69, 9.17) is 0 Å². The molecule has 5 nitrogen and oxygen atoms in total. The van der Waals surface area contributed by atoms with Crippen molar-refractivity contribution in [1.29, 1.82) is 0 Å². The Morgan fingerprint density at radius 2 is 2.13 bits per heavy atom. The van der Waals surface area contributed by atoms with E-state index in [0.29, 0.717) is 19.0 Å². The summed E-state index contributed by atoms with van der Waals surface area (Å²) in [5.74, 6) is -0.0874. The summed E-state index contributed by atoms with van der Waals surface area (Å²) in [5, 5.41) is 3.33. The SMILES string of the molecule is CC1CN(C(=O)C2CC(=O)N(c3cccc(Br)c3)C2)CCN1.Cl. The summed E-state index contributed by atoms with van der Waals surface area (Å²) in [5.41, 5.74) is 0.850. The van der Waals surface area contributed by atoms with Crippen LogP contribution < -0.4 is 10.2 Å². The molecule has 126 valence electrons. The highest BCUT2D eigenvalue weighted by molar-refractivity contribution is 9.10. The number of hydrogen-bond acceptors (Lipinski definition) is 3. The standard InChI is InChI=1S/C16H20BrN3O2.ClH/c1-11-9-19(6-5-18-11)16(22)12-7-15(21)20(10-12)14-4-2-3-13(17)8-14;/h2-4,8,11-12,18H,5-7,9-10H2,1H3;1H. The van der Waals surface area contributed by atoms with Crippen molar-refractivity contribution in [2.24, 2.45) is 5.92 Å². The van der Waals surface area contributed by atoms with Crippen LogP contribution in [0.3, 0.4) is 0 Å². The monoisotopic (exact) mass is 401 g/mol. The second kappa shape index (κ2) is 7.64. The third kappa shape index (κ3) is 4.05. The van der Waals surface area contributed by atoms with Gasteiger partial charge in [-0.05, 0) is 25.1 Å². The average molecular weight is 403 g/mol. The van der Waals surface area contributed by atoms with Crippen molar-refractivity contribution in [3.8, 4) is 0 Å². The van der Waals surface area contributed by atoms with E-state index in [1.54, 1.807) is 4.90 Å². The number of anilines is 1. The molecule has 2 unspecified atom stereocenters. The van der Waals surface area contributed by atoms with Gasteiger partial charge in [-0.2, -0.15) is 0 Å². The van der Waals surface area contributed by atoms with Crippen LogP contribution in [-0.4, -0.2) is 48.9 Å². The number of amides is 2. The van der Waals surface area contributed by atoms with E-state index < -0.39 is 0 Å². The number of benzene rings is 1. The molecular weight excluding hydrogens is 382 g/mol. The fraction of sp³-hybridized carbons (Fsp3) is 0.500. The number of rotatable bonds is 2. The summed E-state index contributed by atoms with van der Waals surface area (Å²) in [4.78, 5) is 28.5. The van der Waals surface area contributed by atoms with Crippen molar-refractivity contribution in [3.05, 3.63) is 28.7 Å². The van der Waals surface area contributed by atoms with E-state index in [9.17, 15) is 9.59 Å². The predicted molar refractivity (Wildman–Crippen MR) is 95.9 cm³/mol. The van der Waals surface area contributed by atoms with Crippen molar-refractivity contribution in [2.75, 3.05) is 31.1 Å². The molecule has 0 aromatic heterocycles. The second-order valence-electron chi connectivity index (χ2n) is 6.02. The van der Waals surface area contributed by atoms with Crippen LogP contribution in [0.15, 0.2) is 28.7 Å². The molecule has 3 rings (SSSR count). The largest absolute Gasteiger partial charge is 0.340 e. The summed E-state index contributed by atoms with van der Waals surface area (Å²) in [7, 11) is 0. The highest BCUT2D eigenvalue weighted by Gasteiger charge is 2.37. The van der Waals surface area contributed by atoms with E-state index in [-0.39, 0.29) is 30.1 Å². The van der Waals surface area contributed by atoms with Crippen molar-refractivity contribution < 1.29 is 9.59 Å². The van der Waals surface area contributed by atoms with Crippen molar-refractivity contribution in [3.63, 3.8) is 0 Å². The zero-order valence-corrected chi connectivity index (χ0v) is 15.4. The molecule has 0 radical (unpaired) electrons. The minimum atomic E-state index is -0.225. The van der Waals surface area contributed by atoms with Gasteiger partial charge in [-0.3, -0.25) is 9.59 Å². The van der Waals surface area contributed by atoms with Gasteiger partial charge >= 0.3 is 0 Å². The topological polar surface area (TPSA) is 52.7 Å². The maximum atomic E-state index is 12.6. The number of piperazine rings is 1. The first-order chi connectivity index (χ1) is 10.5. The van der Waals surface area contributed by atoms with Crippen molar-refractivity contribution >= 4 is 45.8 Å². The number of halogens is 2. The maximum Gasteiger partial charge on any atom is 0.228 e. The molecule has 0 spiro atoms. The van der Waals surface area contributed by atoms with Crippen LogP contribution in [0.5, 0.6) is 0 Å². The van der Waals surface area contributed by atoms with Gasteiger partial charge in [0, 0.05) is 48.8 Å². The highest BCUT2D eigenvalue weighted by atomic mass is 79.9. The van der Waals surface area contributed by atoms with Gasteiger partial charge in [-0.25, -0.2) is 0 Å². The Morgan fingerprint density at radius 3 is 2.83 bits per heavy atom. The Bertz CT molecular complexity index is 598. The van der Waals surface area contributed by atoms with Crippen LogP contribution in [-0.2, 0) is 9.59 Å². The molecule has 2 saturated heterocycles. The van der Waals surface area contributed by atoms with Gasteiger partial charge in [-0.1, -0.05) is 22.0 Å². The van der Waals surface area contributed by atoms with E-state index in [1.807, 2.05) is 29.2 Å². The third-order valence-electron chi connectivity index (χ3n) is 4.27. The maximum absolute atomic E-state index is 12.6. The molecule has 1 N–H and O–H groups in total. The third-order valence-corrected chi connectivity index (χ3v) is 4.77. The van der Waals surface area contributed by atoms with E-state index in [2.05, 4.69) is 28.2 Å². The Morgan fingerprint density at radius 1 is 1.35 bits per heavy atom. The molecule has 2 aliphatic heterocycles. The molecule has 1 aromatic carbocycles. The number of nitrogens with one attached hydrogen (secondary N) is 1. The summed E-state index contributed by atoms with van der Waals surface area (Å²) in [6.45, 7) is 4.83. The van der Waals surface area contributed by atoms with Gasteiger partial charge in [0.25, 0.3) is 0 Å². The second-order valence-corrected chi connectivity index (χ2v) is 6.94. The van der Waals surface area contributed by atoms with Crippen LogP contribution in [0.25, 0.3) is 0 Å². The minimum absolute atomic E-state index is 0. The predicted octanol–water partition coefficient (Wildman–Crippen LogP) is 2.04. The Hall–Kier alpha value is -1.11. The minimum Gasteiger partial charge on any atom is -0.340 e. The molecule has 7 heteroatoms. The highest BCUT2D eigenvalue weighted by Crippen LogP contribution is 2.28. The zero-order valence-electron chi connectivity index (χ0n) is 13.0. The van der Waals surface area contributed by atoms with Gasteiger partial charge in [0.2, 0.25) is 11.8 Å². The lowest BCUT2D eigenvalue weighted by atomic mass is 10.1. The molecule has 2 amide bonds. The van der Waals surface area contributed by atoms with Crippen molar-refractivity contribution in [1.82, 2.24) is 10.2 Å². The van der Waals surface area contributed by atoms with Crippen LogP contribution in [0.2, 0.25) is 0 Å². The Labute approximate surface area is 150 Å². The lowest BCUT2D eigenvalue weighted by Crippen LogP contribution is -2.53. The quantitative estimate of drug-likeness (QED) is 0.824. The first-order valence-corrected chi connectivity index (χ1v) is 8.42. The van der Waals surface area contributed by atoms with Crippen LogP contribution in [0, 0.1) is 5.92 Å². The zero-order chi connectivity index (χ0) is 15.7. The van der Waals surface area contributed by atoms with Gasteiger partial charge in [0.05, 0.1) is 5.92 Å². The van der Waals surface area contributed by atoms with E-state index >= 15 is 0 Å². The molecule has 0 aliphatic carbocycles. The molecule has 1 aromatic rings. The normalized spacial score (nSPS) is 24.5. The fourth-order valence-corrected chi connectivity index (χ4v) is 3.54. The molecule has 2 fully saturated rings. The smallest absolute Gasteiger partial charge is 0.228 e. The van der Waals surface area contributed by atoms with Crippen LogP contribution >= 0.6 is 28.3 Å². The summed E-state index contributed by atoms with van der Waals surface area (Å²) >= 11 is 3.42. The molecule has 0 saturated carbocycles. The molecular formula is C16H21BrClN3O2. The molecule has 23 heavy (non-hydrogen) atoms. The first kappa shape index (κ1) is 18.2.